The van der Waals surface area contributed by atoms with Crippen LogP contribution in [0.25, 0.3) is 11.1 Å². The molecule has 1 aliphatic heterocycles. The minimum Gasteiger partial charge on any atom is -0.465 e. The highest BCUT2D eigenvalue weighted by atomic mass is 32.2. The Labute approximate surface area is 325 Å². The van der Waals surface area contributed by atoms with Crippen LogP contribution in [0, 0.1) is 12.3 Å². The second kappa shape index (κ2) is 18.0. The predicted octanol–water partition coefficient (Wildman–Crippen LogP) is 3.84. The van der Waals surface area contributed by atoms with Gasteiger partial charge in [0.25, 0.3) is 15.6 Å². The summed E-state index contributed by atoms with van der Waals surface area (Å²) >= 11 is 0. The van der Waals surface area contributed by atoms with E-state index >= 15 is 0 Å². The molecule has 0 fully saturated rings. The predicted molar refractivity (Wildman–Crippen MR) is 206 cm³/mol. The third-order valence-electron chi connectivity index (χ3n) is 8.71. The molecule has 0 unspecified atom stereocenters. The molecular weight excluding hydrogens is 749 g/mol. The van der Waals surface area contributed by atoms with Gasteiger partial charge in [0.2, 0.25) is 5.88 Å². The molecule has 1 N–H and O–H groups in total. The van der Waals surface area contributed by atoms with Crippen molar-refractivity contribution in [2.75, 3.05) is 26.9 Å². The molecule has 0 saturated carbocycles. The maximum absolute atomic E-state index is 13.5. The molecule has 56 heavy (non-hydrogen) atoms. The molecule has 2 aromatic carbocycles. The number of methoxy groups -OCH3 is 1. The molecule has 4 aromatic rings. The fourth-order valence-corrected chi connectivity index (χ4v) is 6.98. The van der Waals surface area contributed by atoms with E-state index in [1.54, 1.807) is 14.1 Å². The molecule has 18 heteroatoms. The molecule has 0 bridgehead atoms. The molecular formula is C38H50N6O11S. The number of esters is 2. The Morgan fingerprint density at radius 2 is 1.55 bits per heavy atom. The molecule has 0 spiro atoms. The average molecular weight is 799 g/mol. The lowest BCUT2D eigenvalue weighted by molar-refractivity contribution is -0.143. The monoisotopic (exact) mass is 798 g/mol. The standard InChI is InChI=1S/C23H32N2O4.C15H18N4O7S/c1-7-16-13-15(3)14-17(8-2)18(16)19-20(26)24-9-11-28-12-10-25(24)21(19)29-22(27)23(4,5)6;1-4-9-26-14-16-19(15(22)18(14)2)13(21)17-27(23,24)11-8-6-5-7-10(11)12(20)25-3/h13-14H,7-12H2,1-6H3;5-8H,4,9H2,1-3H3,(H,17,21). The number of hydrogen-bond acceptors (Lipinski definition) is 12. The van der Waals surface area contributed by atoms with Gasteiger partial charge in [0.15, 0.2) is 0 Å². The van der Waals surface area contributed by atoms with Crippen molar-refractivity contribution in [2.45, 2.75) is 85.7 Å². The van der Waals surface area contributed by atoms with Gasteiger partial charge in [0, 0.05) is 7.05 Å². The number of aryl methyl sites for hydroxylation is 3. The van der Waals surface area contributed by atoms with Crippen LogP contribution >= 0.6 is 0 Å². The quantitative estimate of drug-likeness (QED) is 0.228. The van der Waals surface area contributed by atoms with Crippen molar-refractivity contribution in [2.24, 2.45) is 12.5 Å². The van der Waals surface area contributed by atoms with E-state index in [1.807, 2.05) is 27.7 Å². The van der Waals surface area contributed by atoms with Crippen LogP contribution in [0.3, 0.4) is 0 Å². The first-order valence-corrected chi connectivity index (χ1v) is 19.7. The number of sulfonamides is 1. The minimum absolute atomic E-state index is 0.125. The summed E-state index contributed by atoms with van der Waals surface area (Å²) in [5.74, 6) is -0.907. The third-order valence-corrected chi connectivity index (χ3v) is 10.1. The van der Waals surface area contributed by atoms with Gasteiger partial charge in [-0.05, 0) is 75.8 Å². The van der Waals surface area contributed by atoms with Crippen molar-refractivity contribution >= 4 is 28.0 Å². The van der Waals surface area contributed by atoms with E-state index in [4.69, 9.17) is 14.2 Å². The van der Waals surface area contributed by atoms with Crippen LogP contribution in [0.1, 0.15) is 75.0 Å². The van der Waals surface area contributed by atoms with Crippen molar-refractivity contribution in [1.29, 1.82) is 0 Å². The van der Waals surface area contributed by atoms with Gasteiger partial charge in [-0.15, -0.1) is 9.78 Å². The number of nitrogens with one attached hydrogen (secondary N) is 1. The van der Waals surface area contributed by atoms with Crippen LogP contribution in [0.5, 0.6) is 11.9 Å². The molecule has 1 aliphatic rings. The number of carbonyl (C=O) groups is 3. The number of ether oxygens (including phenoxy) is 4. The molecule has 5 rings (SSSR count). The van der Waals surface area contributed by atoms with Crippen molar-refractivity contribution in [1.82, 2.24) is 28.4 Å². The van der Waals surface area contributed by atoms with Gasteiger partial charge < -0.3 is 18.9 Å². The highest BCUT2D eigenvalue weighted by Crippen LogP contribution is 2.36. The van der Waals surface area contributed by atoms with Gasteiger partial charge in [-0.25, -0.2) is 41.5 Å². The van der Waals surface area contributed by atoms with E-state index in [2.05, 4.69) is 42.7 Å². The van der Waals surface area contributed by atoms with E-state index in [9.17, 15) is 32.4 Å². The van der Waals surface area contributed by atoms with E-state index < -0.39 is 38.0 Å². The van der Waals surface area contributed by atoms with Crippen molar-refractivity contribution in [3.63, 3.8) is 0 Å². The summed E-state index contributed by atoms with van der Waals surface area (Å²) in [6.07, 6.45) is 2.24. The van der Waals surface area contributed by atoms with Crippen LogP contribution < -0.4 is 25.4 Å². The number of fused-ring (bicyclic) bond motifs is 1. The van der Waals surface area contributed by atoms with Gasteiger partial charge in [0.05, 0.1) is 51.0 Å². The average Bonchev–Trinajstić information content (AvgIpc) is 3.43. The second-order valence-corrected chi connectivity index (χ2v) is 15.6. The summed E-state index contributed by atoms with van der Waals surface area (Å²) in [6.45, 7) is 15.6. The molecule has 2 aromatic heterocycles. The summed E-state index contributed by atoms with van der Waals surface area (Å²) in [5.41, 5.74) is 2.83. The fourth-order valence-electron chi connectivity index (χ4n) is 5.86. The molecule has 3 heterocycles. The van der Waals surface area contributed by atoms with Gasteiger partial charge in [-0.3, -0.25) is 9.59 Å². The molecule has 0 saturated heterocycles. The van der Waals surface area contributed by atoms with Crippen molar-refractivity contribution in [3.8, 4) is 23.0 Å². The van der Waals surface area contributed by atoms with Crippen LogP contribution in [-0.2, 0) is 57.3 Å². The molecule has 0 radical (unpaired) electrons. The molecule has 17 nitrogen and oxygen atoms in total. The van der Waals surface area contributed by atoms with Gasteiger partial charge in [-0.1, -0.05) is 50.6 Å². The summed E-state index contributed by atoms with van der Waals surface area (Å²) in [6, 6.07) is 7.96. The summed E-state index contributed by atoms with van der Waals surface area (Å²) in [5, 5.41) is 3.68. The minimum atomic E-state index is -4.48. The van der Waals surface area contributed by atoms with Crippen LogP contribution in [0.2, 0.25) is 0 Å². The van der Waals surface area contributed by atoms with Crippen molar-refractivity contribution in [3.05, 3.63) is 79.5 Å². The number of benzene rings is 2. The highest BCUT2D eigenvalue weighted by molar-refractivity contribution is 7.90. The summed E-state index contributed by atoms with van der Waals surface area (Å²) < 4.78 is 52.7. The molecule has 0 aliphatic carbocycles. The first-order valence-electron chi connectivity index (χ1n) is 18.2. The maximum Gasteiger partial charge on any atom is 0.360 e. The first-order chi connectivity index (χ1) is 26.4. The SMILES string of the molecule is CCCOc1nn(C(=O)NS(=O)(=O)c2ccccc2C(=O)OC)c(=O)n1C.CCc1cc(C)cc(CC)c1-c1c(OC(=O)C(C)(C)C)n2n(c1=O)CCOCC2. The zero-order valence-electron chi connectivity index (χ0n) is 33.3. The smallest absolute Gasteiger partial charge is 0.360 e. The zero-order valence-corrected chi connectivity index (χ0v) is 34.1. The molecule has 1 amide bonds. The van der Waals surface area contributed by atoms with Crippen LogP contribution in [0.15, 0.2) is 50.9 Å². The lowest BCUT2D eigenvalue weighted by Gasteiger charge is -2.19. The number of carbonyl (C=O) groups excluding carboxylic acids is 3. The molecule has 0 atom stereocenters. The Bertz CT molecular complexity index is 2300. The third kappa shape index (κ3) is 9.30. The van der Waals surface area contributed by atoms with E-state index in [1.165, 1.54) is 30.8 Å². The Morgan fingerprint density at radius 3 is 2.12 bits per heavy atom. The Hall–Kier alpha value is -5.49. The second-order valence-electron chi connectivity index (χ2n) is 13.9. The van der Waals surface area contributed by atoms with Crippen LogP contribution in [0.4, 0.5) is 4.79 Å². The van der Waals surface area contributed by atoms with Crippen LogP contribution in [-0.4, -0.2) is 77.0 Å². The molecule has 304 valence electrons. The van der Waals surface area contributed by atoms with Gasteiger partial charge in [0.1, 0.15) is 10.5 Å². The number of hydrogen-bond donors (Lipinski definition) is 1. The van der Waals surface area contributed by atoms with E-state index in [0.717, 1.165) is 47.3 Å². The number of amides is 1. The number of nitrogens with zero attached hydrogens (tertiary/aromatic N) is 5. The Kier molecular flexibility index (Phi) is 13.9. The van der Waals surface area contributed by atoms with Gasteiger partial charge >= 0.3 is 29.7 Å². The normalized spacial score (nSPS) is 12.8. The van der Waals surface area contributed by atoms with Crippen molar-refractivity contribution < 1.29 is 41.7 Å². The number of aromatic nitrogens is 5. The maximum atomic E-state index is 13.5. The highest BCUT2D eigenvalue weighted by Gasteiger charge is 2.32. The number of rotatable bonds is 10. The lowest BCUT2D eigenvalue weighted by Crippen LogP contribution is -2.40. The lowest BCUT2D eigenvalue weighted by atomic mass is 9.91. The Balaban J connectivity index is 0.000000249. The fraction of sp³-hybridized carbons (Fsp3) is 0.474. The first kappa shape index (κ1) is 43.2. The zero-order chi connectivity index (χ0) is 41.5. The van der Waals surface area contributed by atoms with E-state index in [-0.39, 0.29) is 29.7 Å². The van der Waals surface area contributed by atoms with Gasteiger partial charge in [-0.2, -0.15) is 0 Å². The Morgan fingerprint density at radius 1 is 0.946 bits per heavy atom. The summed E-state index contributed by atoms with van der Waals surface area (Å²) in [7, 11) is -2.06. The largest absolute Gasteiger partial charge is 0.465 e. The van der Waals surface area contributed by atoms with E-state index in [0.29, 0.717) is 48.8 Å². The summed E-state index contributed by atoms with van der Waals surface area (Å²) in [4.78, 5) is 62.0. The topological polar surface area (TPSA) is 201 Å².